The van der Waals surface area contributed by atoms with E-state index >= 15 is 0 Å². The Hall–Kier alpha value is -3.50. The van der Waals surface area contributed by atoms with Crippen molar-refractivity contribution in [1.82, 2.24) is 14.9 Å². The number of rotatable bonds is 11. The second kappa shape index (κ2) is 11.6. The number of morpholine rings is 1. The quantitative estimate of drug-likeness (QED) is 0.248. The molecule has 0 atom stereocenters. The minimum atomic E-state index is -0.395. The van der Waals surface area contributed by atoms with Gasteiger partial charge in [-0.25, -0.2) is 9.97 Å². The van der Waals surface area contributed by atoms with Gasteiger partial charge in [0.25, 0.3) is 5.69 Å². The Bertz CT molecular complexity index is 1120. The Morgan fingerprint density at radius 2 is 2.00 bits per heavy atom. The first-order chi connectivity index (χ1) is 16.7. The van der Waals surface area contributed by atoms with Gasteiger partial charge in [-0.1, -0.05) is 18.2 Å². The van der Waals surface area contributed by atoms with E-state index in [4.69, 9.17) is 9.47 Å². The predicted octanol–water partition coefficient (Wildman–Crippen LogP) is 3.68. The number of nitrogens with one attached hydrogen (secondary N) is 2. The van der Waals surface area contributed by atoms with Crippen LogP contribution < -0.4 is 15.4 Å². The molecular weight excluding hydrogens is 436 g/mol. The molecule has 0 spiro atoms. The number of fused-ring (bicyclic) bond motifs is 1. The van der Waals surface area contributed by atoms with E-state index in [9.17, 15) is 10.1 Å². The van der Waals surface area contributed by atoms with Crippen molar-refractivity contribution in [3.8, 4) is 5.75 Å². The highest BCUT2D eigenvalue weighted by atomic mass is 16.6. The number of nitro benzene ring substituents is 1. The second-order valence-electron chi connectivity index (χ2n) is 8.01. The lowest BCUT2D eigenvalue weighted by Crippen LogP contribution is -2.37. The van der Waals surface area contributed by atoms with Gasteiger partial charge in [-0.05, 0) is 25.5 Å². The van der Waals surface area contributed by atoms with E-state index in [1.165, 1.54) is 12.4 Å². The Morgan fingerprint density at radius 1 is 1.18 bits per heavy atom. The molecule has 4 rings (SSSR count). The Balaban J connectivity index is 1.43. The van der Waals surface area contributed by atoms with Crippen molar-refractivity contribution in [3.05, 3.63) is 58.4 Å². The van der Waals surface area contributed by atoms with Gasteiger partial charge in [-0.3, -0.25) is 15.0 Å². The minimum absolute atomic E-state index is 0.00352. The van der Waals surface area contributed by atoms with Gasteiger partial charge < -0.3 is 20.1 Å². The van der Waals surface area contributed by atoms with E-state index in [1.807, 2.05) is 31.2 Å². The second-order valence-corrected chi connectivity index (χ2v) is 8.01. The highest BCUT2D eigenvalue weighted by molar-refractivity contribution is 5.94. The van der Waals surface area contributed by atoms with Crippen LogP contribution in [0.15, 0.2) is 42.7 Å². The number of para-hydroxylation sites is 1. The Labute approximate surface area is 198 Å². The lowest BCUT2D eigenvalue weighted by atomic mass is 10.1. The van der Waals surface area contributed by atoms with Gasteiger partial charge in [-0.15, -0.1) is 0 Å². The van der Waals surface area contributed by atoms with Crippen LogP contribution >= 0.6 is 0 Å². The molecule has 0 bridgehead atoms. The zero-order valence-electron chi connectivity index (χ0n) is 19.3. The molecule has 10 heteroatoms. The van der Waals surface area contributed by atoms with E-state index in [-0.39, 0.29) is 5.69 Å². The summed E-state index contributed by atoms with van der Waals surface area (Å²) in [6.45, 7) is 8.10. The molecule has 2 N–H and O–H groups in total. The summed E-state index contributed by atoms with van der Waals surface area (Å²) in [5.74, 6) is 1.36. The molecule has 3 aromatic rings. The molecule has 0 unspecified atom stereocenters. The Morgan fingerprint density at radius 3 is 2.79 bits per heavy atom. The third-order valence-corrected chi connectivity index (χ3v) is 5.72. The van der Waals surface area contributed by atoms with Crippen molar-refractivity contribution in [1.29, 1.82) is 0 Å². The first-order valence-electron chi connectivity index (χ1n) is 11.6. The monoisotopic (exact) mass is 466 g/mol. The molecule has 0 amide bonds. The number of hydrogen-bond donors (Lipinski definition) is 2. The van der Waals surface area contributed by atoms with Crippen LogP contribution in [0.4, 0.5) is 17.2 Å². The fourth-order valence-electron chi connectivity index (χ4n) is 3.98. The molecule has 10 nitrogen and oxygen atoms in total. The molecular formula is C24H30N6O4. The van der Waals surface area contributed by atoms with Crippen LogP contribution in [0.25, 0.3) is 10.9 Å². The van der Waals surface area contributed by atoms with E-state index in [0.717, 1.165) is 50.6 Å². The van der Waals surface area contributed by atoms with E-state index < -0.39 is 4.92 Å². The summed E-state index contributed by atoms with van der Waals surface area (Å²) in [6, 6.07) is 11.1. The fourth-order valence-corrected chi connectivity index (χ4v) is 3.98. The highest BCUT2D eigenvalue weighted by Gasteiger charge is 2.18. The van der Waals surface area contributed by atoms with Crippen LogP contribution in [-0.4, -0.2) is 65.8 Å². The van der Waals surface area contributed by atoms with Gasteiger partial charge >= 0.3 is 0 Å². The molecule has 180 valence electrons. The zero-order valence-corrected chi connectivity index (χ0v) is 19.3. The number of nitro groups is 1. The number of aromatic nitrogens is 2. The number of benzene rings is 2. The van der Waals surface area contributed by atoms with Gasteiger partial charge in [0.15, 0.2) is 0 Å². The summed E-state index contributed by atoms with van der Waals surface area (Å²) in [4.78, 5) is 22.2. The lowest BCUT2D eigenvalue weighted by molar-refractivity contribution is -0.383. The maximum absolute atomic E-state index is 11.6. The van der Waals surface area contributed by atoms with E-state index in [0.29, 0.717) is 42.1 Å². The van der Waals surface area contributed by atoms with Crippen molar-refractivity contribution in [2.24, 2.45) is 0 Å². The Kier molecular flexibility index (Phi) is 8.05. The van der Waals surface area contributed by atoms with Crippen molar-refractivity contribution >= 4 is 28.1 Å². The molecule has 2 aromatic carbocycles. The van der Waals surface area contributed by atoms with Gasteiger partial charge in [0, 0.05) is 49.7 Å². The average Bonchev–Trinajstić information content (AvgIpc) is 2.86. The van der Waals surface area contributed by atoms with Crippen molar-refractivity contribution < 1.29 is 14.4 Å². The van der Waals surface area contributed by atoms with Gasteiger partial charge in [-0.2, -0.15) is 0 Å². The molecule has 0 radical (unpaired) electrons. The summed E-state index contributed by atoms with van der Waals surface area (Å²) < 4.78 is 11.5. The first kappa shape index (κ1) is 23.7. The van der Waals surface area contributed by atoms with Crippen LogP contribution in [0.5, 0.6) is 5.75 Å². The maximum atomic E-state index is 11.6. The van der Waals surface area contributed by atoms with Gasteiger partial charge in [0.1, 0.15) is 23.6 Å². The summed E-state index contributed by atoms with van der Waals surface area (Å²) >= 11 is 0. The SMILES string of the molecule is CCNc1cc2ncnc(NCc3ccccc3OCCCN3CCOCC3)c2cc1[N+](=O)[O-]. The molecule has 0 aliphatic carbocycles. The predicted molar refractivity (Wildman–Crippen MR) is 131 cm³/mol. The van der Waals surface area contributed by atoms with E-state index in [1.54, 1.807) is 6.07 Å². The molecule has 34 heavy (non-hydrogen) atoms. The molecule has 1 aromatic heterocycles. The topological polar surface area (TPSA) is 115 Å². The highest BCUT2D eigenvalue weighted by Crippen LogP contribution is 2.32. The van der Waals surface area contributed by atoms with Crippen molar-refractivity contribution in [3.63, 3.8) is 0 Å². The summed E-state index contributed by atoms with van der Waals surface area (Å²) in [6.07, 6.45) is 2.40. The zero-order chi connectivity index (χ0) is 23.8. The summed E-state index contributed by atoms with van der Waals surface area (Å²) in [5, 5.41) is 18.5. The molecule has 2 heterocycles. The van der Waals surface area contributed by atoms with Gasteiger partial charge in [0.2, 0.25) is 0 Å². The van der Waals surface area contributed by atoms with Crippen LogP contribution in [0.2, 0.25) is 0 Å². The van der Waals surface area contributed by atoms with Crippen LogP contribution in [0.3, 0.4) is 0 Å². The third-order valence-electron chi connectivity index (χ3n) is 5.72. The van der Waals surface area contributed by atoms with Gasteiger partial charge in [0.05, 0.1) is 30.3 Å². The minimum Gasteiger partial charge on any atom is -0.493 e. The van der Waals surface area contributed by atoms with E-state index in [2.05, 4.69) is 25.5 Å². The molecule has 1 aliphatic heterocycles. The maximum Gasteiger partial charge on any atom is 0.293 e. The van der Waals surface area contributed by atoms with Crippen LogP contribution in [0.1, 0.15) is 18.9 Å². The molecule has 1 saturated heterocycles. The van der Waals surface area contributed by atoms with Crippen molar-refractivity contribution in [2.45, 2.75) is 19.9 Å². The average molecular weight is 467 g/mol. The molecule has 1 aliphatic rings. The summed E-state index contributed by atoms with van der Waals surface area (Å²) in [7, 11) is 0. The van der Waals surface area contributed by atoms with Crippen LogP contribution in [-0.2, 0) is 11.3 Å². The fraction of sp³-hybridized carbons (Fsp3) is 0.417. The molecule has 0 saturated carbocycles. The number of hydrogen-bond acceptors (Lipinski definition) is 9. The van der Waals surface area contributed by atoms with Crippen molar-refractivity contribution in [2.75, 3.05) is 56.6 Å². The third kappa shape index (κ3) is 5.89. The molecule has 1 fully saturated rings. The number of anilines is 2. The van der Waals surface area contributed by atoms with Crippen LogP contribution in [0, 0.1) is 10.1 Å². The smallest absolute Gasteiger partial charge is 0.293 e. The normalized spacial score (nSPS) is 14.1. The largest absolute Gasteiger partial charge is 0.493 e. The number of nitrogens with zero attached hydrogens (tertiary/aromatic N) is 4. The number of ether oxygens (including phenoxy) is 2. The first-order valence-corrected chi connectivity index (χ1v) is 11.6. The standard InChI is InChI=1S/C24H30N6O4/c1-2-25-21-15-20-19(14-22(21)30(31)32)24(28-17-27-20)26-16-18-6-3-4-7-23(18)34-11-5-8-29-9-12-33-13-10-29/h3-4,6-7,14-15,17,25H,2,5,8-13,16H2,1H3,(H,26,27,28). The summed E-state index contributed by atoms with van der Waals surface area (Å²) in [5.41, 5.74) is 2.06. The lowest BCUT2D eigenvalue weighted by Gasteiger charge is -2.26.